The van der Waals surface area contributed by atoms with Crippen molar-refractivity contribution in [3.63, 3.8) is 0 Å². The van der Waals surface area contributed by atoms with Crippen LogP contribution in [0.2, 0.25) is 0 Å². The van der Waals surface area contributed by atoms with Crippen molar-refractivity contribution in [2.75, 3.05) is 5.32 Å². The number of nitrogens with zero attached hydrogens (tertiary/aromatic N) is 1. The lowest BCUT2D eigenvalue weighted by Gasteiger charge is -2.29. The van der Waals surface area contributed by atoms with Crippen LogP contribution >= 0.6 is 0 Å². The molecule has 6 heteroatoms. The summed E-state index contributed by atoms with van der Waals surface area (Å²) in [6.45, 7) is 0. The Morgan fingerprint density at radius 3 is 2.68 bits per heavy atom. The number of rotatable bonds is 4. The number of carbonyl (C=O) groups is 1. The molecule has 19 heavy (non-hydrogen) atoms. The molecule has 1 aliphatic rings. The summed E-state index contributed by atoms with van der Waals surface area (Å²) in [5.74, 6) is -1.32. The number of nitrogens with one attached hydrogen (secondary N) is 1. The topological polar surface area (TPSA) is 92.5 Å². The van der Waals surface area contributed by atoms with Crippen LogP contribution in [0.1, 0.15) is 25.7 Å². The van der Waals surface area contributed by atoms with Gasteiger partial charge in [-0.3, -0.25) is 14.9 Å². The molecule has 6 nitrogen and oxygen atoms in total. The van der Waals surface area contributed by atoms with Crippen molar-refractivity contribution in [2.45, 2.75) is 31.7 Å². The molecular weight excluding hydrogens is 248 g/mol. The third kappa shape index (κ3) is 3.01. The van der Waals surface area contributed by atoms with Crippen LogP contribution in [-0.4, -0.2) is 22.0 Å². The van der Waals surface area contributed by atoms with Gasteiger partial charge in [0, 0.05) is 12.1 Å². The second-order valence-electron chi connectivity index (χ2n) is 4.75. The molecule has 0 spiro atoms. The third-order valence-corrected chi connectivity index (χ3v) is 3.52. The minimum Gasteiger partial charge on any atom is -0.481 e. The minimum atomic E-state index is -0.837. The Bertz CT molecular complexity index is 489. The number of anilines is 1. The van der Waals surface area contributed by atoms with E-state index in [2.05, 4.69) is 5.32 Å². The maximum Gasteiger partial charge on any atom is 0.308 e. The Labute approximate surface area is 110 Å². The summed E-state index contributed by atoms with van der Waals surface area (Å²) in [6, 6.07) is 6.09. The first-order valence-corrected chi connectivity index (χ1v) is 6.32. The molecule has 0 radical (unpaired) electrons. The minimum absolute atomic E-state index is 0.0165. The second kappa shape index (κ2) is 5.69. The van der Waals surface area contributed by atoms with Crippen LogP contribution in [0.4, 0.5) is 11.4 Å². The third-order valence-electron chi connectivity index (χ3n) is 3.52. The monoisotopic (exact) mass is 264 g/mol. The summed E-state index contributed by atoms with van der Waals surface area (Å²) < 4.78 is 0. The molecule has 1 saturated carbocycles. The largest absolute Gasteiger partial charge is 0.481 e. The van der Waals surface area contributed by atoms with Gasteiger partial charge in [0.15, 0.2) is 0 Å². The van der Waals surface area contributed by atoms with Crippen molar-refractivity contribution >= 4 is 17.3 Å². The van der Waals surface area contributed by atoms with Crippen LogP contribution in [0, 0.1) is 16.0 Å². The smallest absolute Gasteiger partial charge is 0.308 e. The van der Waals surface area contributed by atoms with Crippen molar-refractivity contribution in [1.29, 1.82) is 0 Å². The van der Waals surface area contributed by atoms with Crippen LogP contribution in [0.15, 0.2) is 24.3 Å². The van der Waals surface area contributed by atoms with Gasteiger partial charge in [-0.05, 0) is 18.9 Å². The number of carboxylic acid groups (broad SMARTS) is 1. The van der Waals surface area contributed by atoms with Gasteiger partial charge in [-0.15, -0.1) is 0 Å². The highest BCUT2D eigenvalue weighted by Crippen LogP contribution is 2.31. The Morgan fingerprint density at radius 1 is 1.32 bits per heavy atom. The van der Waals surface area contributed by atoms with Gasteiger partial charge in [0.2, 0.25) is 0 Å². The molecule has 1 aromatic carbocycles. The van der Waals surface area contributed by atoms with Gasteiger partial charge in [0.25, 0.3) is 5.69 Å². The Morgan fingerprint density at radius 2 is 2.00 bits per heavy atom. The Hall–Kier alpha value is -2.11. The van der Waals surface area contributed by atoms with E-state index in [-0.39, 0.29) is 11.7 Å². The van der Waals surface area contributed by atoms with Gasteiger partial charge >= 0.3 is 5.97 Å². The maximum absolute atomic E-state index is 11.2. The number of benzene rings is 1. The standard InChI is InChI=1S/C13H16N2O4/c16-13(17)9-5-1-2-6-10(9)14-11-7-3-4-8-12(11)15(18)19/h3-4,7-10,14H,1-2,5-6H2,(H,16,17). The summed E-state index contributed by atoms with van der Waals surface area (Å²) in [5, 5.41) is 23.2. The Balaban J connectivity index is 2.19. The fourth-order valence-corrected chi connectivity index (χ4v) is 2.55. The van der Waals surface area contributed by atoms with Crippen molar-refractivity contribution in [3.05, 3.63) is 34.4 Å². The van der Waals surface area contributed by atoms with E-state index in [1.54, 1.807) is 18.2 Å². The molecule has 0 saturated heterocycles. The molecule has 0 aromatic heterocycles. The van der Waals surface area contributed by atoms with Gasteiger partial charge in [0.1, 0.15) is 5.69 Å². The molecule has 1 fully saturated rings. The van der Waals surface area contributed by atoms with E-state index in [1.165, 1.54) is 6.07 Å². The average Bonchev–Trinajstić information content (AvgIpc) is 2.39. The van der Waals surface area contributed by atoms with Gasteiger partial charge in [-0.2, -0.15) is 0 Å². The van der Waals surface area contributed by atoms with Crippen molar-refractivity contribution in [2.24, 2.45) is 5.92 Å². The summed E-state index contributed by atoms with van der Waals surface area (Å²) in [4.78, 5) is 21.7. The molecule has 2 rings (SSSR count). The van der Waals surface area contributed by atoms with Crippen LogP contribution in [0.5, 0.6) is 0 Å². The van der Waals surface area contributed by atoms with Crippen LogP contribution in [0.3, 0.4) is 0 Å². The van der Waals surface area contributed by atoms with Crippen LogP contribution in [-0.2, 0) is 4.79 Å². The zero-order chi connectivity index (χ0) is 13.8. The molecule has 1 aliphatic carbocycles. The summed E-state index contributed by atoms with van der Waals surface area (Å²) in [6.07, 6.45) is 3.19. The fraction of sp³-hybridized carbons (Fsp3) is 0.462. The number of nitro groups is 1. The zero-order valence-corrected chi connectivity index (χ0v) is 10.4. The van der Waals surface area contributed by atoms with Crippen molar-refractivity contribution in [3.8, 4) is 0 Å². The number of para-hydroxylation sites is 2. The first kappa shape index (κ1) is 13.3. The number of hydrogen-bond acceptors (Lipinski definition) is 4. The van der Waals surface area contributed by atoms with Crippen LogP contribution < -0.4 is 5.32 Å². The van der Waals surface area contributed by atoms with Crippen molar-refractivity contribution in [1.82, 2.24) is 0 Å². The molecular formula is C13H16N2O4. The predicted octanol–water partition coefficient (Wildman–Crippen LogP) is 2.65. The van der Waals surface area contributed by atoms with Gasteiger partial charge in [-0.1, -0.05) is 25.0 Å². The quantitative estimate of drug-likeness (QED) is 0.644. The SMILES string of the molecule is O=C(O)C1CCCCC1Nc1ccccc1[N+](=O)[O-]. The average molecular weight is 264 g/mol. The van der Waals surface area contributed by atoms with E-state index in [4.69, 9.17) is 0 Å². The number of hydrogen-bond donors (Lipinski definition) is 2. The fourth-order valence-electron chi connectivity index (χ4n) is 2.55. The van der Waals surface area contributed by atoms with E-state index in [0.717, 1.165) is 19.3 Å². The molecule has 0 bridgehead atoms. The number of carboxylic acids is 1. The highest BCUT2D eigenvalue weighted by molar-refractivity contribution is 5.72. The lowest BCUT2D eigenvalue weighted by molar-refractivity contribution is -0.384. The normalized spacial score (nSPS) is 22.7. The molecule has 0 aliphatic heterocycles. The number of aliphatic carboxylic acids is 1. The highest BCUT2D eigenvalue weighted by atomic mass is 16.6. The molecule has 102 valence electrons. The lowest BCUT2D eigenvalue weighted by atomic mass is 9.84. The summed E-state index contributed by atoms with van der Waals surface area (Å²) in [7, 11) is 0. The molecule has 0 amide bonds. The van der Waals surface area contributed by atoms with E-state index < -0.39 is 16.8 Å². The lowest BCUT2D eigenvalue weighted by Crippen LogP contribution is -2.37. The van der Waals surface area contributed by atoms with Gasteiger partial charge in [0.05, 0.1) is 10.8 Å². The number of nitro benzene ring substituents is 1. The van der Waals surface area contributed by atoms with E-state index in [9.17, 15) is 20.0 Å². The second-order valence-corrected chi connectivity index (χ2v) is 4.75. The highest BCUT2D eigenvalue weighted by Gasteiger charge is 2.31. The molecule has 2 unspecified atom stereocenters. The van der Waals surface area contributed by atoms with E-state index in [0.29, 0.717) is 12.1 Å². The van der Waals surface area contributed by atoms with E-state index >= 15 is 0 Å². The predicted molar refractivity (Wildman–Crippen MR) is 70.1 cm³/mol. The first-order chi connectivity index (χ1) is 9.09. The summed E-state index contributed by atoms with van der Waals surface area (Å²) >= 11 is 0. The first-order valence-electron chi connectivity index (χ1n) is 6.32. The summed E-state index contributed by atoms with van der Waals surface area (Å²) in [5.41, 5.74) is 0.378. The van der Waals surface area contributed by atoms with Crippen LogP contribution in [0.25, 0.3) is 0 Å². The zero-order valence-electron chi connectivity index (χ0n) is 10.4. The van der Waals surface area contributed by atoms with E-state index in [1.807, 2.05) is 0 Å². The van der Waals surface area contributed by atoms with Crippen molar-refractivity contribution < 1.29 is 14.8 Å². The van der Waals surface area contributed by atoms with Gasteiger partial charge in [-0.25, -0.2) is 0 Å². The molecule has 1 aromatic rings. The molecule has 2 N–H and O–H groups in total. The Kier molecular flexibility index (Phi) is 3.99. The molecule has 0 heterocycles. The van der Waals surface area contributed by atoms with Gasteiger partial charge < -0.3 is 10.4 Å². The molecule has 2 atom stereocenters. The maximum atomic E-state index is 11.2.